The molecule has 0 saturated carbocycles. The van der Waals surface area contributed by atoms with Crippen molar-refractivity contribution in [3.8, 4) is 5.75 Å². The van der Waals surface area contributed by atoms with Gasteiger partial charge < -0.3 is 9.15 Å². The third-order valence-corrected chi connectivity index (χ3v) is 3.65. The van der Waals surface area contributed by atoms with Crippen LogP contribution in [0.3, 0.4) is 0 Å². The lowest BCUT2D eigenvalue weighted by atomic mass is 10.2. The molecule has 0 N–H and O–H groups in total. The van der Waals surface area contributed by atoms with E-state index in [-0.39, 0.29) is 6.61 Å². The Morgan fingerprint density at radius 3 is 2.38 bits per heavy atom. The van der Waals surface area contributed by atoms with E-state index >= 15 is 0 Å². The Morgan fingerprint density at radius 1 is 0.905 bits per heavy atom. The van der Waals surface area contributed by atoms with Gasteiger partial charge >= 0.3 is 0 Å². The summed E-state index contributed by atoms with van der Waals surface area (Å²) in [6.45, 7) is 0.281. The summed E-state index contributed by atoms with van der Waals surface area (Å²) in [7, 11) is 0. The van der Waals surface area contributed by atoms with Crippen LogP contribution < -0.4 is 4.74 Å². The SMILES string of the molecule is c1ccc(CSc2nnc(COc3ccccc3)o2)cc1. The minimum atomic E-state index is 0.281. The fraction of sp³-hybridized carbons (Fsp3) is 0.125. The Balaban J connectivity index is 1.52. The normalized spacial score (nSPS) is 10.5. The fourth-order valence-corrected chi connectivity index (χ4v) is 2.47. The van der Waals surface area contributed by atoms with Gasteiger partial charge in [-0.05, 0) is 17.7 Å². The Hall–Kier alpha value is -2.27. The number of nitrogens with zero attached hydrogens (tertiary/aromatic N) is 2. The predicted octanol–water partition coefficient (Wildman–Crippen LogP) is 3.94. The first-order valence-electron chi connectivity index (χ1n) is 6.57. The lowest BCUT2D eigenvalue weighted by Crippen LogP contribution is -1.95. The maximum atomic E-state index is 5.56. The molecule has 0 aliphatic heterocycles. The third-order valence-electron chi connectivity index (χ3n) is 2.76. The van der Waals surface area contributed by atoms with Gasteiger partial charge in [0.05, 0.1) is 0 Å². The minimum Gasteiger partial charge on any atom is -0.484 e. The summed E-state index contributed by atoms with van der Waals surface area (Å²) in [5.74, 6) is 2.07. The Morgan fingerprint density at radius 2 is 1.62 bits per heavy atom. The fourth-order valence-electron chi connectivity index (χ4n) is 1.74. The number of benzene rings is 2. The van der Waals surface area contributed by atoms with E-state index in [9.17, 15) is 0 Å². The second-order valence-electron chi connectivity index (χ2n) is 4.34. The summed E-state index contributed by atoms with van der Waals surface area (Å²) >= 11 is 1.52. The monoisotopic (exact) mass is 298 g/mol. The van der Waals surface area contributed by atoms with Crippen LogP contribution in [0.4, 0.5) is 0 Å². The third kappa shape index (κ3) is 4.10. The van der Waals surface area contributed by atoms with Gasteiger partial charge in [0.1, 0.15) is 5.75 Å². The number of para-hydroxylation sites is 1. The van der Waals surface area contributed by atoms with Crippen molar-refractivity contribution in [1.29, 1.82) is 0 Å². The molecule has 3 rings (SSSR count). The average Bonchev–Trinajstić information content (AvgIpc) is 3.01. The van der Waals surface area contributed by atoms with Crippen LogP contribution in [0.15, 0.2) is 70.3 Å². The first-order valence-corrected chi connectivity index (χ1v) is 7.56. The Kier molecular flexibility index (Phi) is 4.53. The molecule has 0 saturated heterocycles. The molecule has 106 valence electrons. The standard InChI is InChI=1S/C16H14N2O2S/c1-3-7-13(8-4-1)12-21-16-18-17-15(20-16)11-19-14-9-5-2-6-10-14/h1-10H,11-12H2. The van der Waals surface area contributed by atoms with Crippen molar-refractivity contribution in [2.24, 2.45) is 0 Å². The lowest BCUT2D eigenvalue weighted by molar-refractivity contribution is 0.252. The highest BCUT2D eigenvalue weighted by Crippen LogP contribution is 2.21. The summed E-state index contributed by atoms with van der Waals surface area (Å²) in [6, 6.07) is 19.7. The second kappa shape index (κ2) is 6.95. The summed E-state index contributed by atoms with van der Waals surface area (Å²) in [6.07, 6.45) is 0. The van der Waals surface area contributed by atoms with E-state index in [1.165, 1.54) is 17.3 Å². The average molecular weight is 298 g/mol. The molecule has 0 aliphatic rings. The van der Waals surface area contributed by atoms with E-state index in [0.29, 0.717) is 11.1 Å². The molecule has 0 amide bonds. The zero-order valence-corrected chi connectivity index (χ0v) is 12.1. The van der Waals surface area contributed by atoms with Crippen LogP contribution in [0, 0.1) is 0 Å². The van der Waals surface area contributed by atoms with Crippen molar-refractivity contribution in [3.05, 3.63) is 72.1 Å². The van der Waals surface area contributed by atoms with Gasteiger partial charge in [-0.3, -0.25) is 0 Å². The molecule has 0 bridgehead atoms. The maximum absolute atomic E-state index is 5.56. The largest absolute Gasteiger partial charge is 0.484 e. The molecule has 0 unspecified atom stereocenters. The molecule has 0 atom stereocenters. The van der Waals surface area contributed by atoms with Gasteiger partial charge in [0.25, 0.3) is 11.1 Å². The van der Waals surface area contributed by atoms with Gasteiger partial charge in [-0.15, -0.1) is 10.2 Å². The molecule has 1 aromatic heterocycles. The molecule has 3 aromatic rings. The summed E-state index contributed by atoms with van der Waals surface area (Å²) in [5, 5.41) is 8.55. The number of ether oxygens (including phenoxy) is 1. The quantitative estimate of drug-likeness (QED) is 0.645. The van der Waals surface area contributed by atoms with Gasteiger partial charge in [-0.1, -0.05) is 60.3 Å². The number of aromatic nitrogens is 2. The molecule has 21 heavy (non-hydrogen) atoms. The molecule has 0 radical (unpaired) electrons. The van der Waals surface area contributed by atoms with Crippen LogP contribution in [0.5, 0.6) is 5.75 Å². The van der Waals surface area contributed by atoms with Crippen molar-refractivity contribution < 1.29 is 9.15 Å². The summed E-state index contributed by atoms with van der Waals surface area (Å²) < 4.78 is 11.1. The van der Waals surface area contributed by atoms with Crippen LogP contribution in [0.1, 0.15) is 11.5 Å². The van der Waals surface area contributed by atoms with Gasteiger partial charge in [0.15, 0.2) is 6.61 Å². The highest BCUT2D eigenvalue weighted by molar-refractivity contribution is 7.98. The molecule has 5 heteroatoms. The Labute approximate surface area is 127 Å². The lowest BCUT2D eigenvalue weighted by Gasteiger charge is -2.01. The summed E-state index contributed by atoms with van der Waals surface area (Å²) in [5.41, 5.74) is 1.22. The Bertz CT molecular complexity index is 613. The topological polar surface area (TPSA) is 48.2 Å². The first-order chi connectivity index (χ1) is 10.4. The minimum absolute atomic E-state index is 0.281. The second-order valence-corrected chi connectivity index (χ2v) is 5.26. The van der Waals surface area contributed by atoms with Crippen LogP contribution >= 0.6 is 11.8 Å². The van der Waals surface area contributed by atoms with Gasteiger partial charge in [0, 0.05) is 5.75 Å². The van der Waals surface area contributed by atoms with Crippen molar-refractivity contribution in [3.63, 3.8) is 0 Å². The van der Waals surface area contributed by atoms with Crippen molar-refractivity contribution in [1.82, 2.24) is 10.2 Å². The zero-order valence-electron chi connectivity index (χ0n) is 11.3. The van der Waals surface area contributed by atoms with Gasteiger partial charge in [-0.25, -0.2) is 0 Å². The molecule has 0 fully saturated rings. The van der Waals surface area contributed by atoms with E-state index in [2.05, 4.69) is 22.3 Å². The van der Waals surface area contributed by atoms with Crippen molar-refractivity contribution in [2.75, 3.05) is 0 Å². The molecule has 0 spiro atoms. The maximum Gasteiger partial charge on any atom is 0.277 e. The van der Waals surface area contributed by atoms with E-state index in [1.54, 1.807) is 0 Å². The van der Waals surface area contributed by atoms with E-state index in [0.717, 1.165) is 11.5 Å². The summed E-state index contributed by atoms with van der Waals surface area (Å²) in [4.78, 5) is 0. The number of rotatable bonds is 6. The van der Waals surface area contributed by atoms with E-state index in [4.69, 9.17) is 9.15 Å². The highest BCUT2D eigenvalue weighted by Gasteiger charge is 2.07. The molecule has 2 aromatic carbocycles. The first kappa shape index (κ1) is 13.7. The molecule has 4 nitrogen and oxygen atoms in total. The van der Waals surface area contributed by atoms with Crippen LogP contribution in [0.2, 0.25) is 0 Å². The van der Waals surface area contributed by atoms with E-state index in [1.807, 2.05) is 48.5 Å². The van der Waals surface area contributed by atoms with Gasteiger partial charge in [0.2, 0.25) is 0 Å². The molecule has 1 heterocycles. The molecular formula is C16H14N2O2S. The van der Waals surface area contributed by atoms with Crippen LogP contribution in [-0.4, -0.2) is 10.2 Å². The molecular weight excluding hydrogens is 284 g/mol. The number of thioether (sulfide) groups is 1. The zero-order chi connectivity index (χ0) is 14.3. The van der Waals surface area contributed by atoms with Gasteiger partial charge in [-0.2, -0.15) is 0 Å². The number of hydrogen-bond acceptors (Lipinski definition) is 5. The van der Waals surface area contributed by atoms with Crippen LogP contribution in [-0.2, 0) is 12.4 Å². The van der Waals surface area contributed by atoms with E-state index < -0.39 is 0 Å². The van der Waals surface area contributed by atoms with Crippen molar-refractivity contribution in [2.45, 2.75) is 17.6 Å². The smallest absolute Gasteiger partial charge is 0.277 e. The highest BCUT2D eigenvalue weighted by atomic mass is 32.2. The number of hydrogen-bond donors (Lipinski definition) is 0. The van der Waals surface area contributed by atoms with Crippen LogP contribution in [0.25, 0.3) is 0 Å². The van der Waals surface area contributed by atoms with Crippen molar-refractivity contribution >= 4 is 11.8 Å². The predicted molar refractivity (Wildman–Crippen MR) is 81.1 cm³/mol. The molecule has 0 aliphatic carbocycles.